The number of aliphatic hydroxyl groups excluding tert-OH is 1. The van der Waals surface area contributed by atoms with Crippen LogP contribution < -0.4 is 0 Å². The Bertz CT molecular complexity index is 291. The summed E-state index contributed by atoms with van der Waals surface area (Å²) in [5.41, 5.74) is 0. The molecule has 1 aliphatic heterocycles. The van der Waals surface area contributed by atoms with Gasteiger partial charge < -0.3 is 5.11 Å². The summed E-state index contributed by atoms with van der Waals surface area (Å²) < 4.78 is 0.933. The SMILES string of the molecule is OC1CCN(Cc2cnc(Br)s2)C1. The van der Waals surface area contributed by atoms with Crippen molar-refractivity contribution < 1.29 is 5.11 Å². The Hall–Kier alpha value is 0.0300. The van der Waals surface area contributed by atoms with Crippen molar-refractivity contribution in [2.45, 2.75) is 19.1 Å². The van der Waals surface area contributed by atoms with Crippen LogP contribution >= 0.6 is 27.3 Å². The van der Waals surface area contributed by atoms with E-state index in [1.807, 2.05) is 6.20 Å². The van der Waals surface area contributed by atoms with Gasteiger partial charge in [-0.15, -0.1) is 11.3 Å². The summed E-state index contributed by atoms with van der Waals surface area (Å²) in [5.74, 6) is 0. The number of rotatable bonds is 2. The Labute approximate surface area is 89.5 Å². The Balaban J connectivity index is 1.91. The molecule has 1 N–H and O–H groups in total. The number of hydrogen-bond acceptors (Lipinski definition) is 4. The van der Waals surface area contributed by atoms with Crippen molar-refractivity contribution in [1.29, 1.82) is 0 Å². The van der Waals surface area contributed by atoms with Crippen LogP contribution in [0.4, 0.5) is 0 Å². The lowest BCUT2D eigenvalue weighted by Gasteiger charge is -2.12. The highest BCUT2D eigenvalue weighted by Gasteiger charge is 2.20. The first-order valence-corrected chi connectivity index (χ1v) is 5.85. The molecule has 0 spiro atoms. The van der Waals surface area contributed by atoms with Crippen LogP contribution in [0, 0.1) is 0 Å². The molecule has 1 aliphatic rings. The molecule has 1 saturated heterocycles. The molecule has 0 amide bonds. The van der Waals surface area contributed by atoms with Gasteiger partial charge in [0.2, 0.25) is 0 Å². The minimum absolute atomic E-state index is 0.128. The summed E-state index contributed by atoms with van der Waals surface area (Å²) in [6.07, 6.45) is 2.66. The second-order valence-electron chi connectivity index (χ2n) is 3.26. The molecule has 1 atom stereocenters. The van der Waals surface area contributed by atoms with Crippen LogP contribution in [0.5, 0.6) is 0 Å². The number of aromatic nitrogens is 1. The minimum atomic E-state index is -0.128. The van der Waals surface area contributed by atoms with E-state index in [1.165, 1.54) is 4.88 Å². The van der Waals surface area contributed by atoms with E-state index in [1.54, 1.807) is 11.3 Å². The van der Waals surface area contributed by atoms with Gasteiger partial charge in [0.1, 0.15) is 0 Å². The quantitative estimate of drug-likeness (QED) is 0.877. The number of thiazole rings is 1. The van der Waals surface area contributed by atoms with Crippen LogP contribution in [0.1, 0.15) is 11.3 Å². The zero-order valence-corrected chi connectivity index (χ0v) is 9.51. The van der Waals surface area contributed by atoms with Crippen molar-refractivity contribution in [3.8, 4) is 0 Å². The van der Waals surface area contributed by atoms with Gasteiger partial charge in [-0.1, -0.05) is 0 Å². The van der Waals surface area contributed by atoms with Gasteiger partial charge in [0, 0.05) is 30.7 Å². The molecule has 1 aromatic heterocycles. The van der Waals surface area contributed by atoms with Crippen LogP contribution in [-0.4, -0.2) is 34.2 Å². The molecule has 0 radical (unpaired) electrons. The van der Waals surface area contributed by atoms with Crippen LogP contribution in [0.3, 0.4) is 0 Å². The molecule has 13 heavy (non-hydrogen) atoms. The maximum atomic E-state index is 9.32. The van der Waals surface area contributed by atoms with Crippen LogP contribution in [0.15, 0.2) is 10.1 Å². The zero-order valence-electron chi connectivity index (χ0n) is 7.11. The monoisotopic (exact) mass is 262 g/mol. The average Bonchev–Trinajstić information content (AvgIpc) is 2.62. The lowest BCUT2D eigenvalue weighted by Crippen LogP contribution is -2.20. The fourth-order valence-corrected chi connectivity index (χ4v) is 2.93. The Kier molecular flexibility index (Phi) is 2.98. The van der Waals surface area contributed by atoms with Gasteiger partial charge in [-0.25, -0.2) is 4.98 Å². The molecule has 1 unspecified atom stereocenters. The average molecular weight is 263 g/mol. The van der Waals surface area contributed by atoms with E-state index in [-0.39, 0.29) is 6.10 Å². The number of halogens is 1. The smallest absolute Gasteiger partial charge is 0.159 e. The van der Waals surface area contributed by atoms with Crippen molar-refractivity contribution in [1.82, 2.24) is 9.88 Å². The van der Waals surface area contributed by atoms with E-state index in [2.05, 4.69) is 25.8 Å². The van der Waals surface area contributed by atoms with Crippen molar-refractivity contribution in [3.63, 3.8) is 0 Å². The topological polar surface area (TPSA) is 36.4 Å². The standard InChI is InChI=1S/C8H11BrN2OS/c9-8-10-3-7(13-8)5-11-2-1-6(12)4-11/h3,6,12H,1-2,4-5H2. The van der Waals surface area contributed by atoms with E-state index in [0.717, 1.165) is 30.0 Å². The van der Waals surface area contributed by atoms with E-state index in [0.29, 0.717) is 0 Å². The number of aliphatic hydroxyl groups is 1. The molecule has 2 heterocycles. The Morgan fingerprint density at radius 1 is 1.77 bits per heavy atom. The van der Waals surface area contributed by atoms with Crippen LogP contribution in [-0.2, 0) is 6.54 Å². The molecular weight excluding hydrogens is 252 g/mol. The van der Waals surface area contributed by atoms with Crippen LogP contribution in [0.2, 0.25) is 0 Å². The maximum absolute atomic E-state index is 9.32. The molecule has 1 aromatic rings. The van der Waals surface area contributed by atoms with Gasteiger partial charge in [0.25, 0.3) is 0 Å². The summed E-state index contributed by atoms with van der Waals surface area (Å²) in [5, 5.41) is 9.32. The fourth-order valence-electron chi connectivity index (χ4n) is 1.53. The fraction of sp³-hybridized carbons (Fsp3) is 0.625. The summed E-state index contributed by atoms with van der Waals surface area (Å²) in [7, 11) is 0. The van der Waals surface area contributed by atoms with Gasteiger partial charge in [-0.05, 0) is 22.4 Å². The second-order valence-corrected chi connectivity index (χ2v) is 5.65. The highest BCUT2D eigenvalue weighted by molar-refractivity contribution is 9.11. The number of nitrogens with zero attached hydrogens (tertiary/aromatic N) is 2. The van der Waals surface area contributed by atoms with Crippen LogP contribution in [0.25, 0.3) is 0 Å². The molecule has 72 valence electrons. The normalized spacial score (nSPS) is 24.0. The number of likely N-dealkylation sites (tertiary alicyclic amines) is 1. The Morgan fingerprint density at radius 2 is 2.62 bits per heavy atom. The van der Waals surface area contributed by atoms with Gasteiger partial charge in [-0.2, -0.15) is 0 Å². The van der Waals surface area contributed by atoms with E-state index in [9.17, 15) is 5.11 Å². The van der Waals surface area contributed by atoms with E-state index in [4.69, 9.17) is 0 Å². The first-order valence-electron chi connectivity index (χ1n) is 4.24. The maximum Gasteiger partial charge on any atom is 0.159 e. The zero-order chi connectivity index (χ0) is 9.26. The molecule has 0 aromatic carbocycles. The van der Waals surface area contributed by atoms with E-state index >= 15 is 0 Å². The molecule has 3 nitrogen and oxygen atoms in total. The third-order valence-corrected chi connectivity index (χ3v) is 3.61. The predicted octanol–water partition coefficient (Wildman–Crippen LogP) is 1.47. The predicted molar refractivity (Wildman–Crippen MR) is 55.7 cm³/mol. The lowest BCUT2D eigenvalue weighted by molar-refractivity contribution is 0.175. The summed E-state index contributed by atoms with van der Waals surface area (Å²) >= 11 is 4.99. The highest BCUT2D eigenvalue weighted by Crippen LogP contribution is 2.21. The molecule has 0 saturated carbocycles. The number of hydrogen-bond donors (Lipinski definition) is 1. The largest absolute Gasteiger partial charge is 0.392 e. The summed E-state index contributed by atoms with van der Waals surface area (Å²) in [6.45, 7) is 2.71. The molecule has 5 heteroatoms. The van der Waals surface area contributed by atoms with Gasteiger partial charge in [0.05, 0.1) is 6.10 Å². The first-order chi connectivity index (χ1) is 6.24. The van der Waals surface area contributed by atoms with Crippen molar-refractivity contribution in [2.75, 3.05) is 13.1 Å². The molecule has 1 fully saturated rings. The van der Waals surface area contributed by atoms with Gasteiger partial charge >= 0.3 is 0 Å². The molecule has 0 aliphatic carbocycles. The summed E-state index contributed by atoms with van der Waals surface area (Å²) in [6, 6.07) is 0. The number of β-amino-alcohol motifs (C(OH)–C–C–N with tert-alkyl or cyclic N) is 1. The van der Waals surface area contributed by atoms with Crippen molar-refractivity contribution in [3.05, 3.63) is 15.0 Å². The third-order valence-electron chi connectivity index (χ3n) is 2.15. The third kappa shape index (κ3) is 2.49. The molecular formula is C8H11BrN2OS. The summed E-state index contributed by atoms with van der Waals surface area (Å²) in [4.78, 5) is 7.63. The molecule has 2 rings (SSSR count). The van der Waals surface area contributed by atoms with Gasteiger partial charge in [0.15, 0.2) is 3.92 Å². The minimum Gasteiger partial charge on any atom is -0.392 e. The molecule has 0 bridgehead atoms. The van der Waals surface area contributed by atoms with E-state index < -0.39 is 0 Å². The Morgan fingerprint density at radius 3 is 3.15 bits per heavy atom. The lowest BCUT2D eigenvalue weighted by atomic mass is 10.3. The van der Waals surface area contributed by atoms with Gasteiger partial charge in [-0.3, -0.25) is 4.90 Å². The first kappa shape index (κ1) is 9.58. The second kappa shape index (κ2) is 4.04. The van der Waals surface area contributed by atoms with Crippen molar-refractivity contribution in [2.24, 2.45) is 0 Å². The van der Waals surface area contributed by atoms with Crippen molar-refractivity contribution >= 4 is 27.3 Å². The highest BCUT2D eigenvalue weighted by atomic mass is 79.9.